The number of nitrogens with zero attached hydrogens (tertiary/aromatic N) is 1. The molecule has 1 saturated heterocycles. The van der Waals surface area contributed by atoms with Gasteiger partial charge in [-0.15, -0.1) is 0 Å². The molecule has 0 spiro atoms. The molecule has 5 nitrogen and oxygen atoms in total. The summed E-state index contributed by atoms with van der Waals surface area (Å²) in [6, 6.07) is 16.4. The van der Waals surface area contributed by atoms with E-state index in [-0.39, 0.29) is 17.7 Å². The predicted octanol–water partition coefficient (Wildman–Crippen LogP) is 2.32. The number of ether oxygens (including phenoxy) is 2. The summed E-state index contributed by atoms with van der Waals surface area (Å²) in [5.41, 5.74) is 3.66. The van der Waals surface area contributed by atoms with Gasteiger partial charge in [0.05, 0.1) is 30.0 Å². The summed E-state index contributed by atoms with van der Waals surface area (Å²) < 4.78 is 11.5. The third-order valence-corrected chi connectivity index (χ3v) is 7.01. The predicted molar refractivity (Wildman–Crippen MR) is 103 cm³/mol. The zero-order valence-corrected chi connectivity index (χ0v) is 16.2. The van der Waals surface area contributed by atoms with E-state index in [2.05, 4.69) is 24.3 Å². The number of methoxy groups -OCH3 is 2. The molecule has 144 valence electrons. The van der Waals surface area contributed by atoms with Crippen LogP contribution in [0.4, 0.5) is 0 Å². The topological polar surface area (TPSA) is 55.8 Å². The monoisotopic (exact) mass is 377 g/mol. The van der Waals surface area contributed by atoms with Gasteiger partial charge < -0.3 is 9.47 Å². The summed E-state index contributed by atoms with van der Waals surface area (Å²) in [4.78, 5) is 27.9. The van der Waals surface area contributed by atoms with Gasteiger partial charge in [-0.1, -0.05) is 48.5 Å². The Morgan fingerprint density at radius 1 is 0.964 bits per heavy atom. The minimum absolute atomic E-state index is 0.0966. The molecule has 6 rings (SSSR count). The first-order chi connectivity index (χ1) is 13.6. The van der Waals surface area contributed by atoms with Gasteiger partial charge >= 0.3 is 0 Å². The van der Waals surface area contributed by atoms with Crippen LogP contribution in [0.3, 0.4) is 0 Å². The maximum absolute atomic E-state index is 13.4. The molecule has 2 bridgehead atoms. The van der Waals surface area contributed by atoms with Crippen molar-refractivity contribution >= 4 is 11.8 Å². The SMILES string of the molecule is COC[C@H](OC)C12c3ccccc3C(c3ccccc31)[C@@H]1C(=O)N(C)C(=O)[C@@H]12. The van der Waals surface area contributed by atoms with Crippen LogP contribution in [0.1, 0.15) is 28.2 Å². The van der Waals surface area contributed by atoms with Gasteiger partial charge in [0.1, 0.15) is 0 Å². The molecule has 0 aromatic heterocycles. The average Bonchev–Trinajstić information content (AvgIpc) is 2.97. The summed E-state index contributed by atoms with van der Waals surface area (Å²) in [5, 5.41) is 0. The maximum Gasteiger partial charge on any atom is 0.234 e. The van der Waals surface area contributed by atoms with Crippen molar-refractivity contribution in [3.05, 3.63) is 70.8 Å². The van der Waals surface area contributed by atoms with Crippen LogP contribution >= 0.6 is 0 Å². The van der Waals surface area contributed by atoms with E-state index < -0.39 is 23.4 Å². The fourth-order valence-electron chi connectivity index (χ4n) is 6.06. The number of benzene rings is 2. The Labute approximate surface area is 164 Å². The Bertz CT molecular complexity index is 937. The molecule has 2 amide bonds. The van der Waals surface area contributed by atoms with Gasteiger partial charge in [-0.05, 0) is 22.3 Å². The smallest absolute Gasteiger partial charge is 0.234 e. The Hall–Kier alpha value is -2.50. The van der Waals surface area contributed by atoms with Crippen LogP contribution in [0.5, 0.6) is 0 Å². The van der Waals surface area contributed by atoms with E-state index >= 15 is 0 Å². The normalized spacial score (nSPS) is 30.8. The number of carbonyl (C=O) groups excluding carboxylic acids is 2. The molecule has 3 aliphatic carbocycles. The molecule has 0 radical (unpaired) electrons. The second-order valence-corrected chi connectivity index (χ2v) is 7.94. The van der Waals surface area contributed by atoms with E-state index in [4.69, 9.17) is 9.47 Å². The van der Waals surface area contributed by atoms with E-state index in [0.717, 1.165) is 22.3 Å². The third-order valence-electron chi connectivity index (χ3n) is 7.01. The first-order valence-corrected chi connectivity index (χ1v) is 9.61. The van der Waals surface area contributed by atoms with Crippen molar-refractivity contribution in [2.24, 2.45) is 11.8 Å². The lowest BCUT2D eigenvalue weighted by molar-refractivity contribution is -0.139. The maximum atomic E-state index is 13.4. The van der Waals surface area contributed by atoms with Gasteiger partial charge in [0.15, 0.2) is 0 Å². The molecule has 4 aliphatic rings. The molecule has 3 atom stereocenters. The third kappa shape index (κ3) is 1.84. The Morgan fingerprint density at radius 3 is 2.07 bits per heavy atom. The number of likely N-dealkylation sites (tertiary alicyclic amines) is 1. The standard InChI is InChI=1S/C23H23NO4/c1-24-21(25)19-18-13-8-4-6-10-15(13)23(20(19)22(24)26,17(28-3)12-27-2)16-11-7-5-9-14(16)18/h4-11,17-20H,12H2,1-3H3/t17-,18?,19-,20+,23?/m0/s1. The minimum atomic E-state index is -0.755. The highest BCUT2D eigenvalue weighted by Gasteiger charge is 2.69. The van der Waals surface area contributed by atoms with Crippen LogP contribution in [0.15, 0.2) is 48.5 Å². The van der Waals surface area contributed by atoms with E-state index in [1.807, 2.05) is 24.3 Å². The molecule has 1 fully saturated rings. The number of hydrogen-bond donors (Lipinski definition) is 0. The van der Waals surface area contributed by atoms with Crippen molar-refractivity contribution in [1.29, 1.82) is 0 Å². The summed E-state index contributed by atoms with van der Waals surface area (Å²) in [7, 11) is 4.90. The van der Waals surface area contributed by atoms with Crippen LogP contribution in [0.2, 0.25) is 0 Å². The fraction of sp³-hybridized carbons (Fsp3) is 0.391. The van der Waals surface area contributed by atoms with Crippen LogP contribution in [0.25, 0.3) is 0 Å². The van der Waals surface area contributed by atoms with Crippen molar-refractivity contribution in [2.75, 3.05) is 27.9 Å². The van der Waals surface area contributed by atoms with Crippen molar-refractivity contribution in [1.82, 2.24) is 4.90 Å². The second-order valence-electron chi connectivity index (χ2n) is 7.94. The Morgan fingerprint density at radius 2 is 1.54 bits per heavy atom. The summed E-state index contributed by atoms with van der Waals surface area (Å²) in [6.45, 7) is 0.332. The lowest BCUT2D eigenvalue weighted by Gasteiger charge is -2.56. The number of amides is 2. The van der Waals surface area contributed by atoms with E-state index in [0.29, 0.717) is 6.61 Å². The molecule has 0 unspecified atom stereocenters. The number of imide groups is 1. The molecule has 5 heteroatoms. The van der Waals surface area contributed by atoms with Gasteiger partial charge in [-0.25, -0.2) is 0 Å². The Kier molecular flexibility index (Phi) is 3.77. The number of rotatable bonds is 4. The first-order valence-electron chi connectivity index (χ1n) is 9.61. The van der Waals surface area contributed by atoms with E-state index in [9.17, 15) is 9.59 Å². The highest BCUT2D eigenvalue weighted by Crippen LogP contribution is 2.65. The molecule has 1 heterocycles. The molecule has 2 aromatic rings. The molecule has 0 N–H and O–H groups in total. The molecule has 28 heavy (non-hydrogen) atoms. The molecule has 2 aromatic carbocycles. The summed E-state index contributed by atoms with van der Waals surface area (Å²) >= 11 is 0. The zero-order valence-electron chi connectivity index (χ0n) is 16.2. The van der Waals surface area contributed by atoms with Crippen molar-refractivity contribution in [2.45, 2.75) is 17.4 Å². The average molecular weight is 377 g/mol. The van der Waals surface area contributed by atoms with Gasteiger partial charge in [0.25, 0.3) is 0 Å². The van der Waals surface area contributed by atoms with Gasteiger partial charge in [0, 0.05) is 27.2 Å². The lowest BCUT2D eigenvalue weighted by Crippen LogP contribution is -2.60. The second kappa shape index (κ2) is 6.00. The van der Waals surface area contributed by atoms with Crippen LogP contribution in [-0.4, -0.2) is 50.7 Å². The van der Waals surface area contributed by atoms with Crippen molar-refractivity contribution in [3.8, 4) is 0 Å². The van der Waals surface area contributed by atoms with Crippen molar-refractivity contribution in [3.63, 3.8) is 0 Å². The quantitative estimate of drug-likeness (QED) is 0.768. The van der Waals surface area contributed by atoms with E-state index in [1.165, 1.54) is 4.90 Å². The Balaban J connectivity index is 1.92. The van der Waals surface area contributed by atoms with E-state index in [1.54, 1.807) is 21.3 Å². The highest BCUT2D eigenvalue weighted by molar-refractivity contribution is 6.08. The van der Waals surface area contributed by atoms with Crippen molar-refractivity contribution < 1.29 is 19.1 Å². The molecule has 0 saturated carbocycles. The van der Waals surface area contributed by atoms with Crippen LogP contribution < -0.4 is 0 Å². The van der Waals surface area contributed by atoms with Gasteiger partial charge in [0.2, 0.25) is 11.8 Å². The molecular weight excluding hydrogens is 354 g/mol. The first kappa shape index (κ1) is 17.6. The highest BCUT2D eigenvalue weighted by atomic mass is 16.5. The van der Waals surface area contributed by atoms with Gasteiger partial charge in [-0.2, -0.15) is 0 Å². The summed E-state index contributed by atoms with van der Waals surface area (Å²) in [5.74, 6) is -1.22. The largest absolute Gasteiger partial charge is 0.382 e. The van der Waals surface area contributed by atoms with Crippen LogP contribution in [0, 0.1) is 11.8 Å². The number of carbonyl (C=O) groups is 2. The fourth-order valence-corrected chi connectivity index (χ4v) is 6.06. The zero-order chi connectivity index (χ0) is 19.6. The molecular formula is C23H23NO4. The number of hydrogen-bond acceptors (Lipinski definition) is 4. The van der Waals surface area contributed by atoms with Crippen LogP contribution in [-0.2, 0) is 24.5 Å². The molecule has 1 aliphatic heterocycles. The van der Waals surface area contributed by atoms with Gasteiger partial charge in [-0.3, -0.25) is 14.5 Å². The lowest BCUT2D eigenvalue weighted by atomic mass is 9.45. The minimum Gasteiger partial charge on any atom is -0.382 e. The summed E-state index contributed by atoms with van der Waals surface area (Å²) in [6.07, 6.45) is -0.392.